The lowest BCUT2D eigenvalue weighted by atomic mass is 10.2. The molecule has 0 bridgehead atoms. The fraction of sp³-hybridized carbons (Fsp3) is 0.190. The first-order valence-electron chi connectivity index (χ1n) is 9.11. The largest absolute Gasteiger partial charge is 0.465 e. The van der Waals surface area contributed by atoms with Crippen LogP contribution in [0.3, 0.4) is 0 Å². The van der Waals surface area contributed by atoms with Gasteiger partial charge in [-0.25, -0.2) is 4.79 Å². The Morgan fingerprint density at radius 1 is 1.13 bits per heavy atom. The van der Waals surface area contributed by atoms with Crippen LogP contribution in [0, 0.1) is 10.1 Å². The number of ether oxygens (including phenoxy) is 2. The second-order valence-electron chi connectivity index (χ2n) is 6.03. The molecule has 0 radical (unpaired) electrons. The van der Waals surface area contributed by atoms with E-state index in [1.54, 1.807) is 37.3 Å². The second kappa shape index (κ2) is 11.5. The number of nitro groups is 1. The lowest BCUT2D eigenvalue weighted by Gasteiger charge is -2.21. The summed E-state index contributed by atoms with van der Waals surface area (Å²) in [5, 5.41) is 10.9. The SMILES string of the molecule is CCOC(=O)CN(C(=O)COC(=O)/C=C/c1ccc(Cl)c([N+](=O)[O-])c1)c1ccccc1. The number of hydrogen-bond donors (Lipinski definition) is 0. The van der Waals surface area contributed by atoms with E-state index in [0.717, 1.165) is 11.0 Å². The van der Waals surface area contributed by atoms with E-state index in [-0.39, 0.29) is 23.9 Å². The molecule has 2 rings (SSSR count). The predicted molar refractivity (Wildman–Crippen MR) is 114 cm³/mol. The van der Waals surface area contributed by atoms with E-state index in [0.29, 0.717) is 11.3 Å². The fourth-order valence-corrected chi connectivity index (χ4v) is 2.65. The first-order chi connectivity index (χ1) is 14.8. The van der Waals surface area contributed by atoms with Gasteiger partial charge in [0.25, 0.3) is 11.6 Å². The summed E-state index contributed by atoms with van der Waals surface area (Å²) in [5.74, 6) is -2.06. The van der Waals surface area contributed by atoms with Gasteiger partial charge in [-0.3, -0.25) is 24.6 Å². The molecule has 31 heavy (non-hydrogen) atoms. The van der Waals surface area contributed by atoms with Crippen LogP contribution in [0.5, 0.6) is 0 Å². The highest BCUT2D eigenvalue weighted by Gasteiger charge is 2.21. The molecule has 2 aromatic rings. The molecule has 0 aliphatic rings. The standard InChI is InChI=1S/C21H19ClN2O7/c1-2-30-21(27)13-23(16-6-4-3-5-7-16)19(25)14-31-20(26)11-9-15-8-10-17(22)18(12-15)24(28)29/h3-12H,2,13-14H2,1H3/b11-9+. The highest BCUT2D eigenvalue weighted by Crippen LogP contribution is 2.25. The third kappa shape index (κ3) is 7.23. The van der Waals surface area contributed by atoms with Gasteiger partial charge in [0.1, 0.15) is 11.6 Å². The number of halogens is 1. The molecule has 1 amide bonds. The number of carbonyl (C=O) groups is 3. The van der Waals surface area contributed by atoms with Crippen molar-refractivity contribution in [1.82, 2.24) is 0 Å². The number of para-hydroxylation sites is 1. The summed E-state index contributed by atoms with van der Waals surface area (Å²) in [6.07, 6.45) is 2.32. The van der Waals surface area contributed by atoms with Crippen molar-refractivity contribution in [3.8, 4) is 0 Å². The van der Waals surface area contributed by atoms with E-state index in [4.69, 9.17) is 21.1 Å². The number of anilines is 1. The maximum absolute atomic E-state index is 12.5. The topological polar surface area (TPSA) is 116 Å². The van der Waals surface area contributed by atoms with E-state index in [2.05, 4.69) is 0 Å². The highest BCUT2D eigenvalue weighted by molar-refractivity contribution is 6.32. The fourth-order valence-electron chi connectivity index (χ4n) is 2.46. The third-order valence-corrected chi connectivity index (χ3v) is 4.20. The Labute approximate surface area is 183 Å². The van der Waals surface area contributed by atoms with Crippen molar-refractivity contribution in [3.05, 3.63) is 75.3 Å². The normalized spacial score (nSPS) is 10.5. The van der Waals surface area contributed by atoms with E-state index >= 15 is 0 Å². The summed E-state index contributed by atoms with van der Waals surface area (Å²) in [4.78, 5) is 47.8. The summed E-state index contributed by atoms with van der Waals surface area (Å²) < 4.78 is 9.82. The van der Waals surface area contributed by atoms with Gasteiger partial charge in [0.2, 0.25) is 0 Å². The van der Waals surface area contributed by atoms with Gasteiger partial charge in [-0.1, -0.05) is 35.9 Å². The van der Waals surface area contributed by atoms with Crippen LogP contribution in [-0.2, 0) is 23.9 Å². The van der Waals surface area contributed by atoms with Crippen molar-refractivity contribution in [2.75, 3.05) is 24.7 Å². The summed E-state index contributed by atoms with van der Waals surface area (Å²) in [7, 11) is 0. The molecule has 9 nitrogen and oxygen atoms in total. The number of hydrogen-bond acceptors (Lipinski definition) is 7. The Hall–Kier alpha value is -3.72. The number of esters is 2. The first-order valence-corrected chi connectivity index (χ1v) is 9.49. The molecule has 0 aliphatic heterocycles. The minimum atomic E-state index is -0.838. The van der Waals surface area contributed by atoms with Crippen molar-refractivity contribution >= 4 is 46.9 Å². The molecule has 10 heteroatoms. The van der Waals surface area contributed by atoms with Crippen molar-refractivity contribution in [2.24, 2.45) is 0 Å². The van der Waals surface area contributed by atoms with Gasteiger partial charge in [0.15, 0.2) is 6.61 Å². The van der Waals surface area contributed by atoms with Gasteiger partial charge in [-0.2, -0.15) is 0 Å². The lowest BCUT2D eigenvalue weighted by Crippen LogP contribution is -2.39. The summed E-state index contributed by atoms with van der Waals surface area (Å²) >= 11 is 5.74. The number of benzene rings is 2. The molecule has 0 fully saturated rings. The lowest BCUT2D eigenvalue weighted by molar-refractivity contribution is -0.384. The third-order valence-electron chi connectivity index (χ3n) is 3.88. The Bertz CT molecular complexity index is 992. The second-order valence-corrected chi connectivity index (χ2v) is 6.44. The number of amides is 1. The summed E-state index contributed by atoms with van der Waals surface area (Å²) in [6.45, 7) is 0.866. The molecule has 0 aliphatic carbocycles. The average Bonchev–Trinajstić information content (AvgIpc) is 2.75. The van der Waals surface area contributed by atoms with Crippen molar-refractivity contribution in [3.63, 3.8) is 0 Å². The molecule has 0 spiro atoms. The minimum absolute atomic E-state index is 0.0297. The molecule has 162 valence electrons. The smallest absolute Gasteiger partial charge is 0.331 e. The van der Waals surface area contributed by atoms with Gasteiger partial charge in [-0.05, 0) is 36.8 Å². The first kappa shape index (κ1) is 23.6. The van der Waals surface area contributed by atoms with Crippen LogP contribution in [-0.4, -0.2) is 42.5 Å². The Kier molecular flexibility index (Phi) is 8.71. The zero-order valence-corrected chi connectivity index (χ0v) is 17.3. The van der Waals surface area contributed by atoms with Gasteiger partial charge in [0, 0.05) is 17.8 Å². The predicted octanol–water partition coefficient (Wildman–Crippen LogP) is 3.40. The molecule has 0 saturated heterocycles. The van der Waals surface area contributed by atoms with Gasteiger partial charge < -0.3 is 9.47 Å². The molecule has 0 aromatic heterocycles. The Balaban J connectivity index is 2.02. The van der Waals surface area contributed by atoms with Gasteiger partial charge >= 0.3 is 11.9 Å². The highest BCUT2D eigenvalue weighted by atomic mass is 35.5. The molecule has 0 heterocycles. The van der Waals surface area contributed by atoms with Crippen LogP contribution in [0.2, 0.25) is 5.02 Å². The molecule has 0 unspecified atom stereocenters. The molecule has 0 N–H and O–H groups in total. The maximum atomic E-state index is 12.5. The number of rotatable bonds is 9. The van der Waals surface area contributed by atoms with Crippen LogP contribution >= 0.6 is 11.6 Å². The van der Waals surface area contributed by atoms with Crippen molar-refractivity contribution in [1.29, 1.82) is 0 Å². The summed E-state index contributed by atoms with van der Waals surface area (Å²) in [6, 6.07) is 12.4. The minimum Gasteiger partial charge on any atom is -0.465 e. The maximum Gasteiger partial charge on any atom is 0.331 e. The van der Waals surface area contributed by atoms with Gasteiger partial charge in [0.05, 0.1) is 11.5 Å². The number of nitrogens with zero attached hydrogens (tertiary/aromatic N) is 2. The van der Waals surface area contributed by atoms with Crippen LogP contribution in [0.15, 0.2) is 54.6 Å². The average molecular weight is 447 g/mol. The Morgan fingerprint density at radius 3 is 2.48 bits per heavy atom. The number of nitro benzene ring substituents is 1. The molecule has 0 atom stereocenters. The van der Waals surface area contributed by atoms with E-state index in [1.165, 1.54) is 24.3 Å². The van der Waals surface area contributed by atoms with E-state index in [1.807, 2.05) is 0 Å². The van der Waals surface area contributed by atoms with Crippen LogP contribution in [0.25, 0.3) is 6.08 Å². The van der Waals surface area contributed by atoms with Crippen LogP contribution in [0.1, 0.15) is 12.5 Å². The molecule has 0 saturated carbocycles. The van der Waals surface area contributed by atoms with Gasteiger partial charge in [-0.15, -0.1) is 0 Å². The van der Waals surface area contributed by atoms with Crippen LogP contribution in [0.4, 0.5) is 11.4 Å². The van der Waals surface area contributed by atoms with Crippen molar-refractivity contribution < 1.29 is 28.8 Å². The van der Waals surface area contributed by atoms with Crippen LogP contribution < -0.4 is 4.90 Å². The molecular weight excluding hydrogens is 428 g/mol. The molecule has 2 aromatic carbocycles. The zero-order valence-electron chi connectivity index (χ0n) is 16.5. The zero-order chi connectivity index (χ0) is 22.8. The quantitative estimate of drug-likeness (QED) is 0.251. The summed E-state index contributed by atoms with van der Waals surface area (Å²) in [5.41, 5.74) is 0.498. The monoisotopic (exact) mass is 446 g/mol. The Morgan fingerprint density at radius 2 is 1.84 bits per heavy atom. The number of carbonyl (C=O) groups excluding carboxylic acids is 3. The van der Waals surface area contributed by atoms with E-state index in [9.17, 15) is 24.5 Å². The van der Waals surface area contributed by atoms with Crippen molar-refractivity contribution in [2.45, 2.75) is 6.92 Å². The van der Waals surface area contributed by atoms with E-state index < -0.39 is 29.4 Å². The molecular formula is C21H19ClN2O7.